The van der Waals surface area contributed by atoms with Crippen molar-refractivity contribution in [3.05, 3.63) is 12.2 Å². The molecule has 1 heterocycles. The number of carbonyl (C=O) groups is 11. The van der Waals surface area contributed by atoms with E-state index in [1.54, 1.807) is 67.5 Å². The zero-order valence-corrected chi connectivity index (χ0v) is 58.0. The maximum absolute atomic E-state index is 15.2. The quantitative estimate of drug-likeness (QED) is 0.0800. The molecule has 1 fully saturated rings. The summed E-state index contributed by atoms with van der Waals surface area (Å²) in [7, 11) is 9.73. The summed E-state index contributed by atoms with van der Waals surface area (Å²) >= 11 is 0. The molecule has 13 atom stereocenters. The lowest BCUT2D eigenvalue weighted by atomic mass is 9.91. The summed E-state index contributed by atoms with van der Waals surface area (Å²) in [5.41, 5.74) is 0. The number of aliphatic hydroxyl groups excluding tert-OH is 2. The molecule has 1 saturated heterocycles. The van der Waals surface area contributed by atoms with Gasteiger partial charge in [0.15, 0.2) is 0 Å². The molecule has 0 bridgehead atoms. The third-order valence-electron chi connectivity index (χ3n) is 16.7. The molecule has 0 aliphatic carbocycles. The molecule has 0 spiro atoms. The zero-order valence-electron chi connectivity index (χ0n) is 58.0. The molecule has 25 nitrogen and oxygen atoms in total. The first kappa shape index (κ1) is 80.8. The van der Waals surface area contributed by atoms with E-state index < -0.39 is 162 Å². The highest BCUT2D eigenvalue weighted by atomic mass is 16.5. The van der Waals surface area contributed by atoms with Crippen molar-refractivity contribution in [3.8, 4) is 0 Å². The molecule has 0 aromatic rings. The molecule has 0 unspecified atom stereocenters. The number of likely N-dealkylation sites (N-methyl/N-ethyl adjacent to an activating group) is 7. The van der Waals surface area contributed by atoms with E-state index in [-0.39, 0.29) is 56.7 Å². The number of hydrogen-bond donors (Lipinski definition) is 6. The van der Waals surface area contributed by atoms with Gasteiger partial charge < -0.3 is 70.5 Å². The van der Waals surface area contributed by atoms with Crippen molar-refractivity contribution in [2.24, 2.45) is 35.5 Å². The second-order valence-electron chi connectivity index (χ2n) is 26.4. The van der Waals surface area contributed by atoms with Crippen molar-refractivity contribution in [2.75, 3.05) is 69.1 Å². The first-order chi connectivity index (χ1) is 41.3. The average molecular weight is 1260 g/mol. The van der Waals surface area contributed by atoms with E-state index in [0.29, 0.717) is 19.3 Å². The number of rotatable bonds is 19. The van der Waals surface area contributed by atoms with Crippen molar-refractivity contribution >= 4 is 65.0 Å². The lowest BCUT2D eigenvalue weighted by molar-refractivity contribution is -0.157. The fourth-order valence-electron chi connectivity index (χ4n) is 11.0. The van der Waals surface area contributed by atoms with Gasteiger partial charge in [0.1, 0.15) is 60.4 Å². The maximum Gasteiger partial charge on any atom is 0.246 e. The van der Waals surface area contributed by atoms with E-state index in [9.17, 15) is 53.4 Å². The number of nitrogens with zero attached hydrogens (tertiary/aromatic N) is 7. The summed E-state index contributed by atoms with van der Waals surface area (Å²) in [6, 6.07) is -12.9. The maximum atomic E-state index is 15.2. The van der Waals surface area contributed by atoms with Crippen LogP contribution in [-0.4, -0.2) is 251 Å². The molecule has 0 aromatic heterocycles. The summed E-state index contributed by atoms with van der Waals surface area (Å²) in [4.78, 5) is 169. The van der Waals surface area contributed by atoms with Gasteiger partial charge >= 0.3 is 0 Å². The smallest absolute Gasteiger partial charge is 0.246 e. The Bertz CT molecular complexity index is 2400. The lowest BCUT2D eigenvalue weighted by Crippen LogP contribution is -2.63. The van der Waals surface area contributed by atoms with Crippen LogP contribution < -0.4 is 21.3 Å². The number of carbonyl (C=O) groups excluding carboxylic acids is 11. The van der Waals surface area contributed by atoms with Crippen LogP contribution in [0, 0.1) is 35.5 Å². The van der Waals surface area contributed by atoms with Crippen LogP contribution in [0.4, 0.5) is 0 Å². The molecule has 25 heteroatoms. The van der Waals surface area contributed by atoms with E-state index in [1.165, 1.54) is 82.8 Å². The van der Waals surface area contributed by atoms with E-state index in [0.717, 1.165) is 14.7 Å². The van der Waals surface area contributed by atoms with Crippen molar-refractivity contribution in [1.82, 2.24) is 55.6 Å². The Labute approximate surface area is 531 Å². The first-order valence-electron chi connectivity index (χ1n) is 31.8. The van der Waals surface area contributed by atoms with Crippen LogP contribution >= 0.6 is 0 Å². The molecule has 1 aliphatic heterocycles. The number of ether oxygens (including phenoxy) is 1. The van der Waals surface area contributed by atoms with E-state index in [2.05, 4.69) is 21.3 Å². The third-order valence-corrected chi connectivity index (χ3v) is 16.7. The summed E-state index contributed by atoms with van der Waals surface area (Å²) < 4.78 is 6.06. The topological polar surface area (TPSA) is 308 Å². The van der Waals surface area contributed by atoms with Gasteiger partial charge in [-0.15, -0.1) is 0 Å². The Hall–Kier alpha value is -6.21. The molecule has 11 amide bonds. The standard InChI is InChI=1S/C64H115N11O14/c1-24-26-29-41(13)54(78)53-58(82)67-45(25-2)60(84)69(17)35-49(77)73(21)52(44(16)89-31-28-27-30-76)57(81)68-50(39(9)10)63(87)70(18)46(32-36(3)4)56(80)65-42(14)55(79)66-43(15)59(83)71(19)47(33-37(5)6)61(85)72(20)48(34-38(7)8)62(86)74(22)51(40(11)12)64(88)75(53)23/h24,26,36-48,50-54,76,78H,25,27-35H2,1-23H3,(H,65,80)(H,66,79)(H,67,82)(H,68,81)/b26-24+/t41-,42+,43-,44-,45+,46+,47+,48+,50+,51+,52+,53+,54-/m1/s1. The molecule has 1 rings (SSSR count). The number of unbranched alkanes of at least 4 members (excludes halogenated alkanes) is 1. The summed E-state index contributed by atoms with van der Waals surface area (Å²) in [6.07, 6.45) is 2.49. The van der Waals surface area contributed by atoms with E-state index >= 15 is 9.59 Å². The van der Waals surface area contributed by atoms with Gasteiger partial charge in [-0.2, -0.15) is 0 Å². The van der Waals surface area contributed by atoms with E-state index in [1.807, 2.05) is 41.5 Å². The number of aliphatic hydroxyl groups is 2. The minimum atomic E-state index is -1.64. The van der Waals surface area contributed by atoms with E-state index in [4.69, 9.17) is 4.74 Å². The molecule has 0 saturated carbocycles. The molecule has 0 aromatic carbocycles. The number of amides is 11. The predicted octanol–water partition coefficient (Wildman–Crippen LogP) is 2.40. The zero-order chi connectivity index (χ0) is 68.8. The van der Waals surface area contributed by atoms with Crippen LogP contribution in [0.3, 0.4) is 0 Å². The van der Waals surface area contributed by atoms with Crippen LogP contribution in [0.1, 0.15) is 156 Å². The summed E-state index contributed by atoms with van der Waals surface area (Å²) in [6.45, 7) is 26.8. The second-order valence-corrected chi connectivity index (χ2v) is 26.4. The largest absolute Gasteiger partial charge is 0.396 e. The van der Waals surface area contributed by atoms with Crippen molar-refractivity contribution < 1.29 is 67.7 Å². The van der Waals surface area contributed by atoms with Gasteiger partial charge in [-0.05, 0) is 108 Å². The van der Waals surface area contributed by atoms with Gasteiger partial charge in [0.05, 0.1) is 18.8 Å². The monoisotopic (exact) mass is 1260 g/mol. The number of hydrogen-bond acceptors (Lipinski definition) is 14. The fourth-order valence-corrected chi connectivity index (χ4v) is 11.0. The number of allylic oxidation sites excluding steroid dienone is 2. The van der Waals surface area contributed by atoms with Crippen LogP contribution in [-0.2, 0) is 57.5 Å². The summed E-state index contributed by atoms with van der Waals surface area (Å²) in [5, 5.41) is 32.5. The molecule has 0 radical (unpaired) electrons. The van der Waals surface area contributed by atoms with Crippen molar-refractivity contribution in [3.63, 3.8) is 0 Å². The minimum absolute atomic E-state index is 0.0135. The highest BCUT2D eigenvalue weighted by Gasteiger charge is 2.46. The first-order valence-corrected chi connectivity index (χ1v) is 31.8. The van der Waals surface area contributed by atoms with Crippen LogP contribution in [0.25, 0.3) is 0 Å². The molecular formula is C64H115N11O14. The number of nitrogens with one attached hydrogen (secondary N) is 4. The predicted molar refractivity (Wildman–Crippen MR) is 341 cm³/mol. The highest BCUT2D eigenvalue weighted by Crippen LogP contribution is 2.26. The van der Waals surface area contributed by atoms with Gasteiger partial charge in [0.25, 0.3) is 0 Å². The molecule has 510 valence electrons. The fraction of sp³-hybridized carbons (Fsp3) is 0.797. The highest BCUT2D eigenvalue weighted by molar-refractivity contribution is 5.99. The van der Waals surface area contributed by atoms with Gasteiger partial charge in [0.2, 0.25) is 65.0 Å². The minimum Gasteiger partial charge on any atom is -0.396 e. The van der Waals surface area contributed by atoms with Crippen molar-refractivity contribution in [1.29, 1.82) is 0 Å². The van der Waals surface area contributed by atoms with Gasteiger partial charge in [-0.3, -0.25) is 52.7 Å². The van der Waals surface area contributed by atoms with Crippen LogP contribution in [0.2, 0.25) is 0 Å². The van der Waals surface area contributed by atoms with Crippen LogP contribution in [0.5, 0.6) is 0 Å². The second kappa shape index (κ2) is 37.8. The molecule has 6 N–H and O–H groups in total. The van der Waals surface area contributed by atoms with Crippen LogP contribution in [0.15, 0.2) is 12.2 Å². The van der Waals surface area contributed by atoms with Gasteiger partial charge in [-0.25, -0.2) is 0 Å². The Balaban J connectivity index is 4.38. The molecule has 89 heavy (non-hydrogen) atoms. The molecular weight excluding hydrogens is 1150 g/mol. The Morgan fingerprint density at radius 1 is 0.517 bits per heavy atom. The Kier molecular flexibility index (Phi) is 34.3. The molecule has 1 aliphatic rings. The van der Waals surface area contributed by atoms with Crippen molar-refractivity contribution in [2.45, 2.75) is 228 Å². The summed E-state index contributed by atoms with van der Waals surface area (Å²) in [5.74, 6) is -10.2. The van der Waals surface area contributed by atoms with Gasteiger partial charge in [-0.1, -0.05) is 95.2 Å². The average Bonchev–Trinajstić information content (AvgIpc) is 0.987. The Morgan fingerprint density at radius 2 is 0.989 bits per heavy atom. The SMILES string of the molecule is C/C=C/C[C@@H](C)[C@@H](O)[C@H]1C(=O)N[C@@H](CC)C(=O)N(C)CC(=O)N(C)[C@@H]([C@@H](C)OCCCCO)C(=O)N[C@@H](C(C)C)C(=O)N(C)[C@@H](CC(C)C)C(=O)N[C@@H](C)C(=O)N[C@H](C)C(=O)N(C)[C@@H](CC(C)C)C(=O)N(C)[C@@H](CC(C)C)C(=O)N(C)[C@@H](C(C)C)C(=O)N1C. The lowest BCUT2D eigenvalue weighted by Gasteiger charge is -2.41. The normalized spacial score (nSPS) is 26.5. The Morgan fingerprint density at radius 3 is 1.47 bits per heavy atom. The van der Waals surface area contributed by atoms with Gasteiger partial charge in [0, 0.05) is 62.5 Å². The third kappa shape index (κ3) is 23.2.